The highest BCUT2D eigenvalue weighted by Gasteiger charge is 2.41. The fraction of sp³-hybridized carbons (Fsp3) is 0.467. The number of carboxylic acid groups (broad SMARTS) is 1. The Bertz CT molecular complexity index is 481. The zero-order valence-electron chi connectivity index (χ0n) is 11.3. The van der Waals surface area contributed by atoms with Crippen LogP contribution in [0.4, 0.5) is 0 Å². The van der Waals surface area contributed by atoms with Gasteiger partial charge < -0.3 is 16.2 Å². The van der Waals surface area contributed by atoms with Gasteiger partial charge in [0.15, 0.2) is 0 Å². The lowest BCUT2D eigenvalue weighted by Gasteiger charge is -2.34. The molecular weight excluding hydrogens is 256 g/mol. The van der Waals surface area contributed by atoms with Gasteiger partial charge in [0.25, 0.3) is 0 Å². The minimum Gasteiger partial charge on any atom is -0.480 e. The van der Waals surface area contributed by atoms with Crippen LogP contribution in [0, 0.1) is 0 Å². The van der Waals surface area contributed by atoms with E-state index in [1.807, 2.05) is 6.07 Å². The predicted octanol–water partition coefficient (Wildman–Crippen LogP) is 1.59. The van der Waals surface area contributed by atoms with Crippen LogP contribution in [0.2, 0.25) is 0 Å². The van der Waals surface area contributed by atoms with E-state index in [1.165, 1.54) is 0 Å². The molecule has 2 rings (SSSR count). The normalized spacial score (nSPS) is 19.1. The molecule has 4 N–H and O–H groups in total. The van der Waals surface area contributed by atoms with Gasteiger partial charge in [-0.3, -0.25) is 4.79 Å². The Morgan fingerprint density at radius 2 is 1.75 bits per heavy atom. The van der Waals surface area contributed by atoms with Crippen LogP contribution in [0.15, 0.2) is 30.3 Å². The fourth-order valence-corrected chi connectivity index (χ4v) is 2.67. The van der Waals surface area contributed by atoms with E-state index in [9.17, 15) is 14.7 Å². The lowest BCUT2D eigenvalue weighted by atomic mass is 9.81. The number of benzene rings is 1. The van der Waals surface area contributed by atoms with Crippen molar-refractivity contribution in [1.82, 2.24) is 5.32 Å². The van der Waals surface area contributed by atoms with Gasteiger partial charge in [0.2, 0.25) is 5.91 Å². The quantitative estimate of drug-likeness (QED) is 0.778. The molecule has 1 atom stereocenters. The summed E-state index contributed by atoms with van der Waals surface area (Å²) in [5.74, 6) is -1.40. The maximum Gasteiger partial charge on any atom is 0.329 e. The highest BCUT2D eigenvalue weighted by molar-refractivity contribution is 5.90. The molecule has 1 aromatic carbocycles. The average molecular weight is 276 g/mol. The molecule has 0 saturated heterocycles. The number of hydrogen-bond donors (Lipinski definition) is 3. The summed E-state index contributed by atoms with van der Waals surface area (Å²) in [4.78, 5) is 23.7. The molecule has 1 aliphatic rings. The van der Waals surface area contributed by atoms with Gasteiger partial charge in [0, 0.05) is 0 Å². The second kappa shape index (κ2) is 6.05. The average Bonchev–Trinajstić information content (AvgIpc) is 2.48. The smallest absolute Gasteiger partial charge is 0.329 e. The van der Waals surface area contributed by atoms with Gasteiger partial charge in [0.1, 0.15) is 11.6 Å². The summed E-state index contributed by atoms with van der Waals surface area (Å²) in [6.07, 6.45) is 3.57. The van der Waals surface area contributed by atoms with Crippen molar-refractivity contribution in [3.05, 3.63) is 35.9 Å². The van der Waals surface area contributed by atoms with E-state index in [0.29, 0.717) is 18.4 Å². The SMILES string of the molecule is N[C@H](C(=O)NC1(C(=O)O)CCCCC1)c1ccccc1. The number of hydrogen-bond acceptors (Lipinski definition) is 3. The monoisotopic (exact) mass is 276 g/mol. The number of nitrogens with two attached hydrogens (primary N) is 1. The van der Waals surface area contributed by atoms with E-state index < -0.39 is 23.5 Å². The summed E-state index contributed by atoms with van der Waals surface area (Å²) >= 11 is 0. The van der Waals surface area contributed by atoms with Crippen molar-refractivity contribution in [3.8, 4) is 0 Å². The number of amides is 1. The molecule has 0 radical (unpaired) electrons. The first-order chi connectivity index (χ1) is 9.55. The zero-order valence-corrected chi connectivity index (χ0v) is 11.3. The molecule has 0 spiro atoms. The first-order valence-electron chi connectivity index (χ1n) is 6.91. The van der Waals surface area contributed by atoms with Crippen LogP contribution in [0.5, 0.6) is 0 Å². The molecule has 108 valence electrons. The molecule has 0 unspecified atom stereocenters. The van der Waals surface area contributed by atoms with Gasteiger partial charge in [0.05, 0.1) is 0 Å². The molecule has 0 heterocycles. The maximum absolute atomic E-state index is 12.2. The molecule has 5 nitrogen and oxygen atoms in total. The summed E-state index contributed by atoms with van der Waals surface area (Å²) in [6.45, 7) is 0. The lowest BCUT2D eigenvalue weighted by molar-refractivity contribution is -0.149. The van der Waals surface area contributed by atoms with Gasteiger partial charge in [-0.15, -0.1) is 0 Å². The van der Waals surface area contributed by atoms with Crippen LogP contribution in [-0.2, 0) is 9.59 Å². The molecule has 5 heteroatoms. The summed E-state index contributed by atoms with van der Waals surface area (Å²) in [5.41, 5.74) is 5.44. The van der Waals surface area contributed by atoms with E-state index in [0.717, 1.165) is 19.3 Å². The molecule has 1 fully saturated rings. The van der Waals surface area contributed by atoms with Gasteiger partial charge in [-0.05, 0) is 18.4 Å². The summed E-state index contributed by atoms with van der Waals surface area (Å²) in [7, 11) is 0. The Balaban J connectivity index is 2.11. The number of rotatable bonds is 4. The molecule has 0 aromatic heterocycles. The van der Waals surface area contributed by atoms with Gasteiger partial charge in [-0.2, -0.15) is 0 Å². The highest BCUT2D eigenvalue weighted by atomic mass is 16.4. The fourth-order valence-electron chi connectivity index (χ4n) is 2.67. The number of nitrogens with one attached hydrogen (secondary N) is 1. The topological polar surface area (TPSA) is 92.4 Å². The Hall–Kier alpha value is -1.88. The summed E-state index contributed by atoms with van der Waals surface area (Å²) in [6, 6.07) is 8.13. The third-order valence-electron chi connectivity index (χ3n) is 3.92. The lowest BCUT2D eigenvalue weighted by Crippen LogP contribution is -2.57. The van der Waals surface area contributed by atoms with Crippen molar-refractivity contribution in [1.29, 1.82) is 0 Å². The largest absolute Gasteiger partial charge is 0.480 e. The molecular formula is C15H20N2O3. The number of aliphatic carboxylic acids is 1. The highest BCUT2D eigenvalue weighted by Crippen LogP contribution is 2.29. The summed E-state index contributed by atoms with van der Waals surface area (Å²) in [5, 5.41) is 12.1. The van der Waals surface area contributed by atoms with Crippen molar-refractivity contribution in [2.24, 2.45) is 5.73 Å². The first kappa shape index (κ1) is 14.5. The Morgan fingerprint density at radius 1 is 1.15 bits per heavy atom. The van der Waals surface area contributed by atoms with Crippen molar-refractivity contribution < 1.29 is 14.7 Å². The molecule has 1 aromatic rings. The Morgan fingerprint density at radius 3 is 2.30 bits per heavy atom. The van der Waals surface area contributed by atoms with Crippen LogP contribution in [0.25, 0.3) is 0 Å². The number of carboxylic acids is 1. The second-order valence-corrected chi connectivity index (χ2v) is 5.33. The van der Waals surface area contributed by atoms with Crippen molar-refractivity contribution in [3.63, 3.8) is 0 Å². The molecule has 1 saturated carbocycles. The van der Waals surface area contributed by atoms with E-state index in [2.05, 4.69) is 5.32 Å². The first-order valence-corrected chi connectivity index (χ1v) is 6.91. The van der Waals surface area contributed by atoms with Gasteiger partial charge >= 0.3 is 5.97 Å². The van der Waals surface area contributed by atoms with E-state index in [4.69, 9.17) is 5.73 Å². The standard InChI is InChI=1S/C15H20N2O3/c16-12(11-7-3-1-4-8-11)13(18)17-15(14(19)20)9-5-2-6-10-15/h1,3-4,7-8,12H,2,5-6,9-10,16H2,(H,17,18)(H,19,20)/t12-/m0/s1. The third-order valence-corrected chi connectivity index (χ3v) is 3.92. The third kappa shape index (κ3) is 2.99. The van der Waals surface area contributed by atoms with Gasteiger partial charge in [-0.1, -0.05) is 49.6 Å². The molecule has 0 bridgehead atoms. The van der Waals surface area contributed by atoms with Crippen LogP contribution >= 0.6 is 0 Å². The number of carbonyl (C=O) groups is 2. The van der Waals surface area contributed by atoms with Crippen molar-refractivity contribution in [2.45, 2.75) is 43.7 Å². The van der Waals surface area contributed by atoms with E-state index in [-0.39, 0.29) is 0 Å². The van der Waals surface area contributed by atoms with E-state index >= 15 is 0 Å². The van der Waals surface area contributed by atoms with Crippen molar-refractivity contribution in [2.75, 3.05) is 0 Å². The maximum atomic E-state index is 12.2. The van der Waals surface area contributed by atoms with E-state index in [1.54, 1.807) is 24.3 Å². The zero-order chi connectivity index (χ0) is 14.6. The Kier molecular flexibility index (Phi) is 4.39. The van der Waals surface area contributed by atoms with Crippen LogP contribution < -0.4 is 11.1 Å². The minimum absolute atomic E-state index is 0.430. The van der Waals surface area contributed by atoms with Crippen LogP contribution in [-0.4, -0.2) is 22.5 Å². The summed E-state index contributed by atoms with van der Waals surface area (Å²) < 4.78 is 0. The molecule has 20 heavy (non-hydrogen) atoms. The van der Waals surface area contributed by atoms with Crippen LogP contribution in [0.1, 0.15) is 43.7 Å². The Labute approximate surface area is 118 Å². The second-order valence-electron chi connectivity index (χ2n) is 5.33. The minimum atomic E-state index is -1.15. The van der Waals surface area contributed by atoms with Crippen molar-refractivity contribution >= 4 is 11.9 Å². The molecule has 1 amide bonds. The number of carbonyl (C=O) groups excluding carboxylic acids is 1. The van der Waals surface area contributed by atoms with Gasteiger partial charge in [-0.25, -0.2) is 4.79 Å². The molecule has 0 aliphatic heterocycles. The predicted molar refractivity (Wildman–Crippen MR) is 75.0 cm³/mol. The molecule has 1 aliphatic carbocycles. The van der Waals surface area contributed by atoms with Crippen LogP contribution in [0.3, 0.4) is 0 Å².